The Hall–Kier alpha value is -4.08. The lowest BCUT2D eigenvalue weighted by Gasteiger charge is -2.48. The summed E-state index contributed by atoms with van der Waals surface area (Å²) < 4.78 is 59.9. The minimum atomic E-state index is -4.45. The summed E-state index contributed by atoms with van der Waals surface area (Å²) in [4.78, 5) is 15.5. The van der Waals surface area contributed by atoms with Crippen molar-refractivity contribution >= 4 is 24.8 Å². The number of benzene rings is 4. The van der Waals surface area contributed by atoms with Crippen LogP contribution in [0.15, 0.2) is 115 Å². The van der Waals surface area contributed by atoms with Crippen molar-refractivity contribution in [3.05, 3.63) is 126 Å². The third kappa shape index (κ3) is 8.79. The molecule has 1 heterocycles. The Kier molecular flexibility index (Phi) is 11.2. The van der Waals surface area contributed by atoms with Gasteiger partial charge in [0.15, 0.2) is 0 Å². The van der Waals surface area contributed by atoms with Gasteiger partial charge in [-0.2, -0.15) is 13.2 Å². The first-order valence-corrected chi connectivity index (χ1v) is 19.1. The molecule has 0 bridgehead atoms. The van der Waals surface area contributed by atoms with E-state index in [-0.39, 0.29) is 17.2 Å². The Labute approximate surface area is 295 Å². The lowest BCUT2D eigenvalue weighted by Crippen LogP contribution is -2.68. The smallest absolute Gasteiger partial charge is 0.416 e. The summed E-state index contributed by atoms with van der Waals surface area (Å²) in [5.41, 5.74) is -0.584. The zero-order valence-electron chi connectivity index (χ0n) is 29.7. The van der Waals surface area contributed by atoms with Crippen LogP contribution < -0.4 is 15.1 Å². The monoisotopic (exact) mass is 703 g/mol. The van der Waals surface area contributed by atoms with Crippen LogP contribution in [0.2, 0.25) is 5.04 Å². The second-order valence-corrected chi connectivity index (χ2v) is 19.3. The van der Waals surface area contributed by atoms with E-state index in [4.69, 9.17) is 13.9 Å². The van der Waals surface area contributed by atoms with E-state index in [1.807, 2.05) is 63.2 Å². The molecule has 0 aromatic heterocycles. The number of piperidine rings is 1. The van der Waals surface area contributed by atoms with Crippen LogP contribution in [-0.2, 0) is 15.3 Å². The SMILES string of the molecule is CC(C)(C)OC(=O)N1CC[C@H](O[Si](c2ccccc2)(c2ccccc2)C(C)(C)C)C[C@@H]1C[C@H](Oc1ccc(C(F)(F)F)cc1)c1ccccc1. The van der Waals surface area contributed by atoms with E-state index in [0.717, 1.165) is 17.7 Å². The average Bonchev–Trinajstić information content (AvgIpc) is 3.06. The molecule has 9 heteroatoms. The number of amides is 1. The molecule has 1 aliphatic rings. The lowest BCUT2D eigenvalue weighted by atomic mass is 9.92. The maximum atomic E-state index is 13.8. The molecule has 1 saturated heterocycles. The molecule has 3 atom stereocenters. The summed E-state index contributed by atoms with van der Waals surface area (Å²) >= 11 is 0. The van der Waals surface area contributed by atoms with Gasteiger partial charge in [-0.3, -0.25) is 0 Å². The zero-order chi connectivity index (χ0) is 36.2. The summed E-state index contributed by atoms with van der Waals surface area (Å²) in [6.45, 7) is 12.7. The van der Waals surface area contributed by atoms with Crippen LogP contribution in [-0.4, -0.2) is 43.6 Å². The van der Waals surface area contributed by atoms with Crippen LogP contribution in [0.25, 0.3) is 0 Å². The van der Waals surface area contributed by atoms with Crippen molar-refractivity contribution in [1.82, 2.24) is 4.90 Å². The van der Waals surface area contributed by atoms with Gasteiger partial charge in [0, 0.05) is 25.1 Å². The van der Waals surface area contributed by atoms with Gasteiger partial charge in [-0.05, 0) is 78.9 Å². The molecule has 4 aromatic carbocycles. The highest BCUT2D eigenvalue weighted by Crippen LogP contribution is 2.41. The first-order valence-electron chi connectivity index (χ1n) is 17.2. The van der Waals surface area contributed by atoms with Gasteiger partial charge in [-0.1, -0.05) is 112 Å². The van der Waals surface area contributed by atoms with Gasteiger partial charge in [0.25, 0.3) is 8.32 Å². The number of halogens is 3. The summed E-state index contributed by atoms with van der Waals surface area (Å²) in [5.74, 6) is 0.312. The van der Waals surface area contributed by atoms with E-state index in [1.165, 1.54) is 22.5 Å². The van der Waals surface area contributed by atoms with Gasteiger partial charge in [0.05, 0.1) is 5.56 Å². The second-order valence-electron chi connectivity index (χ2n) is 15.0. The van der Waals surface area contributed by atoms with Crippen LogP contribution in [0.3, 0.4) is 0 Å². The third-order valence-corrected chi connectivity index (χ3v) is 14.3. The fourth-order valence-electron chi connectivity index (χ4n) is 6.90. The molecule has 50 heavy (non-hydrogen) atoms. The zero-order valence-corrected chi connectivity index (χ0v) is 30.7. The first kappa shape index (κ1) is 37.2. The van der Waals surface area contributed by atoms with E-state index in [1.54, 1.807) is 4.90 Å². The molecule has 0 aliphatic carbocycles. The summed E-state index contributed by atoms with van der Waals surface area (Å²) in [6.07, 6.45) is -4.08. The molecule has 0 unspecified atom stereocenters. The van der Waals surface area contributed by atoms with Crippen molar-refractivity contribution in [2.45, 2.75) is 95.9 Å². The van der Waals surface area contributed by atoms with Gasteiger partial charge in [0.1, 0.15) is 17.5 Å². The van der Waals surface area contributed by atoms with Crippen LogP contribution in [0.5, 0.6) is 5.75 Å². The normalized spacial score (nSPS) is 18.0. The molecular formula is C41H48F3NO4Si. The largest absolute Gasteiger partial charge is 0.486 e. The topological polar surface area (TPSA) is 48.0 Å². The standard InChI is InChI=1S/C41H48F3NO4Si/c1-39(2,3)48-38(46)45-27-26-34(49-50(40(4,5)6,35-18-12-8-13-19-35)36-20-14-9-15-21-36)28-32(45)29-37(30-16-10-7-11-17-30)47-33-24-22-31(23-25-33)41(42,43)44/h7-25,32,34,37H,26-29H2,1-6H3/t32-,34+,37+/m1/s1. The molecule has 5 rings (SSSR count). The molecule has 0 N–H and O–H groups in total. The van der Waals surface area contributed by atoms with Crippen molar-refractivity contribution < 1.29 is 31.9 Å². The number of ether oxygens (including phenoxy) is 2. The Morgan fingerprint density at radius 2 is 1.30 bits per heavy atom. The van der Waals surface area contributed by atoms with E-state index in [9.17, 15) is 18.0 Å². The molecule has 4 aromatic rings. The average molecular weight is 704 g/mol. The van der Waals surface area contributed by atoms with Crippen molar-refractivity contribution in [1.29, 1.82) is 0 Å². The molecule has 266 valence electrons. The number of hydrogen-bond acceptors (Lipinski definition) is 4. The molecule has 1 aliphatic heterocycles. The van der Waals surface area contributed by atoms with Crippen LogP contribution in [0.4, 0.5) is 18.0 Å². The number of hydrogen-bond donors (Lipinski definition) is 0. The number of nitrogens with zero attached hydrogens (tertiary/aromatic N) is 1. The van der Waals surface area contributed by atoms with Gasteiger partial charge in [0.2, 0.25) is 0 Å². The highest BCUT2D eigenvalue weighted by Gasteiger charge is 2.52. The molecule has 5 nitrogen and oxygen atoms in total. The number of likely N-dealkylation sites (tertiary alicyclic amines) is 1. The van der Waals surface area contributed by atoms with Crippen molar-refractivity contribution in [3.8, 4) is 5.75 Å². The van der Waals surface area contributed by atoms with Crippen molar-refractivity contribution in [3.63, 3.8) is 0 Å². The molecule has 0 radical (unpaired) electrons. The molecule has 0 saturated carbocycles. The van der Waals surface area contributed by atoms with Crippen molar-refractivity contribution in [2.24, 2.45) is 0 Å². The summed E-state index contributed by atoms with van der Waals surface area (Å²) in [6, 6.07) is 34.9. The molecular weight excluding hydrogens is 656 g/mol. The Morgan fingerprint density at radius 1 is 0.780 bits per heavy atom. The van der Waals surface area contributed by atoms with Crippen LogP contribution >= 0.6 is 0 Å². The summed E-state index contributed by atoms with van der Waals surface area (Å²) in [5, 5.41) is 2.13. The predicted octanol–water partition coefficient (Wildman–Crippen LogP) is 9.56. The minimum Gasteiger partial charge on any atom is -0.486 e. The fraction of sp³-hybridized carbons (Fsp3) is 0.390. The number of rotatable bonds is 9. The van der Waals surface area contributed by atoms with E-state index < -0.39 is 37.9 Å². The highest BCUT2D eigenvalue weighted by molar-refractivity contribution is 6.99. The minimum absolute atomic E-state index is 0.188. The van der Waals surface area contributed by atoms with E-state index >= 15 is 0 Å². The van der Waals surface area contributed by atoms with E-state index in [0.29, 0.717) is 31.6 Å². The number of alkyl halides is 3. The summed E-state index contributed by atoms with van der Waals surface area (Å²) in [7, 11) is -2.90. The third-order valence-electron chi connectivity index (χ3n) is 9.17. The first-order chi connectivity index (χ1) is 23.6. The van der Waals surface area contributed by atoms with Crippen molar-refractivity contribution in [2.75, 3.05) is 6.54 Å². The maximum Gasteiger partial charge on any atom is 0.416 e. The molecule has 0 spiro atoms. The van der Waals surface area contributed by atoms with Gasteiger partial charge >= 0.3 is 12.3 Å². The number of carbonyl (C=O) groups excluding carboxylic acids is 1. The Bertz CT molecular complexity index is 1630. The van der Waals surface area contributed by atoms with Crippen LogP contribution in [0.1, 0.15) is 78.0 Å². The molecule has 1 fully saturated rings. The van der Waals surface area contributed by atoms with E-state index in [2.05, 4.69) is 69.3 Å². The Morgan fingerprint density at radius 3 is 1.78 bits per heavy atom. The Balaban J connectivity index is 1.52. The predicted molar refractivity (Wildman–Crippen MR) is 194 cm³/mol. The lowest BCUT2D eigenvalue weighted by molar-refractivity contribution is -0.137. The van der Waals surface area contributed by atoms with Crippen LogP contribution in [0, 0.1) is 0 Å². The maximum absolute atomic E-state index is 13.8. The highest BCUT2D eigenvalue weighted by atomic mass is 28.4. The van der Waals surface area contributed by atoms with Gasteiger partial charge in [-0.25, -0.2) is 4.79 Å². The van der Waals surface area contributed by atoms with Gasteiger partial charge < -0.3 is 18.8 Å². The second kappa shape index (κ2) is 15.0. The quantitative estimate of drug-likeness (QED) is 0.163. The number of carbonyl (C=O) groups is 1. The fourth-order valence-corrected chi connectivity index (χ4v) is 11.6. The van der Waals surface area contributed by atoms with Gasteiger partial charge in [-0.15, -0.1) is 0 Å². The molecule has 1 amide bonds.